The van der Waals surface area contributed by atoms with Gasteiger partial charge >= 0.3 is 12.2 Å². The van der Waals surface area contributed by atoms with Crippen molar-refractivity contribution in [2.24, 2.45) is 0 Å². The van der Waals surface area contributed by atoms with Crippen LogP contribution in [0.25, 0.3) is 0 Å². The molecule has 0 unspecified atom stereocenters. The van der Waals surface area contributed by atoms with E-state index in [0.717, 1.165) is 35.4 Å². The summed E-state index contributed by atoms with van der Waals surface area (Å²) in [5.41, 5.74) is -0.508. The first-order valence-electron chi connectivity index (χ1n) is 7.18. The molecule has 0 atom stereocenters. The number of carbonyl (C=O) groups excluding carboxylic acids is 1. The SMILES string of the molecule is CN(Cc1nc(C(F)(F)F)cs1)C(=O)Nc1cnc(C2CC2)nc1. The molecule has 0 aliphatic heterocycles. The average Bonchev–Trinajstić information content (AvgIpc) is 3.26. The molecule has 1 aliphatic rings. The Bertz CT molecular complexity index is 727. The second-order valence-corrected chi connectivity index (χ2v) is 6.46. The average molecular weight is 357 g/mol. The predicted molar refractivity (Wildman–Crippen MR) is 81.6 cm³/mol. The fourth-order valence-electron chi connectivity index (χ4n) is 1.96. The van der Waals surface area contributed by atoms with Crippen molar-refractivity contribution >= 4 is 23.1 Å². The molecule has 1 aliphatic carbocycles. The minimum absolute atomic E-state index is 0.0202. The molecule has 0 bridgehead atoms. The summed E-state index contributed by atoms with van der Waals surface area (Å²) >= 11 is 0.863. The third-order valence-corrected chi connectivity index (χ3v) is 4.26. The molecular formula is C14H14F3N5OS. The Hall–Kier alpha value is -2.23. The van der Waals surface area contributed by atoms with E-state index >= 15 is 0 Å². The molecule has 2 aromatic rings. The first-order chi connectivity index (χ1) is 11.3. The molecule has 3 rings (SSSR count). The summed E-state index contributed by atoms with van der Waals surface area (Å²) in [7, 11) is 1.48. The molecule has 24 heavy (non-hydrogen) atoms. The molecule has 6 nitrogen and oxygen atoms in total. The van der Waals surface area contributed by atoms with E-state index in [-0.39, 0.29) is 11.6 Å². The largest absolute Gasteiger partial charge is 0.434 e. The number of urea groups is 1. The zero-order chi connectivity index (χ0) is 17.3. The van der Waals surface area contributed by atoms with Crippen molar-refractivity contribution in [3.05, 3.63) is 34.3 Å². The summed E-state index contributed by atoms with van der Waals surface area (Å²) < 4.78 is 37.5. The monoisotopic (exact) mass is 357 g/mol. The number of rotatable bonds is 4. The van der Waals surface area contributed by atoms with Crippen molar-refractivity contribution in [1.29, 1.82) is 0 Å². The smallest absolute Gasteiger partial charge is 0.321 e. The molecule has 2 aromatic heterocycles. The van der Waals surface area contributed by atoms with Gasteiger partial charge < -0.3 is 10.2 Å². The summed E-state index contributed by atoms with van der Waals surface area (Å²) in [6, 6.07) is -0.471. The molecule has 0 saturated heterocycles. The Morgan fingerprint density at radius 2 is 2.04 bits per heavy atom. The van der Waals surface area contributed by atoms with Crippen LogP contribution in [0.2, 0.25) is 0 Å². The Balaban J connectivity index is 1.57. The molecule has 2 amide bonds. The number of halogens is 3. The number of anilines is 1. The van der Waals surface area contributed by atoms with E-state index < -0.39 is 17.9 Å². The van der Waals surface area contributed by atoms with Crippen LogP contribution < -0.4 is 5.32 Å². The van der Waals surface area contributed by atoms with E-state index in [4.69, 9.17) is 0 Å². The fourth-order valence-corrected chi connectivity index (χ4v) is 2.82. The number of hydrogen-bond acceptors (Lipinski definition) is 5. The van der Waals surface area contributed by atoms with Crippen LogP contribution in [-0.4, -0.2) is 32.9 Å². The molecule has 10 heteroatoms. The number of thiazole rings is 1. The first kappa shape index (κ1) is 16.6. The minimum Gasteiger partial charge on any atom is -0.321 e. The van der Waals surface area contributed by atoms with Gasteiger partial charge in [0.1, 0.15) is 10.8 Å². The number of carbonyl (C=O) groups is 1. The number of nitrogens with one attached hydrogen (secondary N) is 1. The molecule has 1 fully saturated rings. The lowest BCUT2D eigenvalue weighted by Gasteiger charge is -2.16. The van der Waals surface area contributed by atoms with Gasteiger partial charge in [0.15, 0.2) is 5.69 Å². The van der Waals surface area contributed by atoms with E-state index in [9.17, 15) is 18.0 Å². The van der Waals surface area contributed by atoms with Crippen molar-refractivity contribution in [3.63, 3.8) is 0 Å². The van der Waals surface area contributed by atoms with E-state index in [0.29, 0.717) is 11.6 Å². The van der Waals surface area contributed by atoms with Gasteiger partial charge in [0.25, 0.3) is 0 Å². The van der Waals surface area contributed by atoms with Crippen molar-refractivity contribution in [3.8, 4) is 0 Å². The second-order valence-electron chi connectivity index (χ2n) is 5.51. The maximum Gasteiger partial charge on any atom is 0.434 e. The van der Waals surface area contributed by atoms with E-state index in [1.807, 2.05) is 0 Å². The molecule has 1 N–H and O–H groups in total. The fraction of sp³-hybridized carbons (Fsp3) is 0.429. The van der Waals surface area contributed by atoms with Crippen molar-refractivity contribution < 1.29 is 18.0 Å². The number of aromatic nitrogens is 3. The Kier molecular flexibility index (Phi) is 4.39. The van der Waals surface area contributed by atoms with Gasteiger partial charge in [-0.15, -0.1) is 11.3 Å². The molecule has 0 radical (unpaired) electrons. The summed E-state index contributed by atoms with van der Waals surface area (Å²) in [6.07, 6.45) is 0.746. The summed E-state index contributed by atoms with van der Waals surface area (Å²) in [6.45, 7) is -0.0202. The lowest BCUT2D eigenvalue weighted by atomic mass is 10.4. The Morgan fingerprint density at radius 1 is 1.38 bits per heavy atom. The topological polar surface area (TPSA) is 71.0 Å². The maximum absolute atomic E-state index is 12.5. The molecule has 0 spiro atoms. The van der Waals surface area contributed by atoms with E-state index in [1.165, 1.54) is 24.3 Å². The lowest BCUT2D eigenvalue weighted by molar-refractivity contribution is -0.140. The molecule has 1 saturated carbocycles. The van der Waals surface area contributed by atoms with E-state index in [2.05, 4.69) is 20.3 Å². The summed E-state index contributed by atoms with van der Waals surface area (Å²) in [4.78, 5) is 25.2. The lowest BCUT2D eigenvalue weighted by Crippen LogP contribution is -2.31. The molecule has 2 heterocycles. The van der Waals surface area contributed by atoms with Crippen LogP contribution in [0.3, 0.4) is 0 Å². The molecule has 0 aromatic carbocycles. The van der Waals surface area contributed by atoms with Crippen molar-refractivity contribution in [2.45, 2.75) is 31.5 Å². The number of hydrogen-bond donors (Lipinski definition) is 1. The Morgan fingerprint density at radius 3 is 2.58 bits per heavy atom. The van der Waals surface area contributed by atoms with Gasteiger partial charge in [-0.3, -0.25) is 0 Å². The van der Waals surface area contributed by atoms with Gasteiger partial charge in [0.05, 0.1) is 24.6 Å². The normalized spacial score (nSPS) is 14.5. The highest BCUT2D eigenvalue weighted by molar-refractivity contribution is 7.09. The van der Waals surface area contributed by atoms with Crippen LogP contribution in [0.1, 0.15) is 35.3 Å². The van der Waals surface area contributed by atoms with Crippen LogP contribution in [0.5, 0.6) is 0 Å². The van der Waals surface area contributed by atoms with Crippen molar-refractivity contribution in [1.82, 2.24) is 19.9 Å². The van der Waals surface area contributed by atoms with Gasteiger partial charge in [-0.1, -0.05) is 0 Å². The zero-order valence-electron chi connectivity index (χ0n) is 12.7. The first-order valence-corrected chi connectivity index (χ1v) is 8.06. The standard InChI is InChI=1S/C14H14F3N5OS/c1-22(6-11-21-10(7-24-11)14(15,16)17)13(23)20-9-4-18-12(19-5-9)8-2-3-8/h4-5,7-8H,2-3,6H2,1H3,(H,20,23). The molecular weight excluding hydrogens is 343 g/mol. The zero-order valence-corrected chi connectivity index (χ0v) is 13.5. The van der Waals surface area contributed by atoms with Crippen LogP contribution in [-0.2, 0) is 12.7 Å². The summed E-state index contributed by atoms with van der Waals surface area (Å²) in [5, 5.41) is 3.75. The highest BCUT2D eigenvalue weighted by atomic mass is 32.1. The summed E-state index contributed by atoms with van der Waals surface area (Å²) in [5.74, 6) is 1.19. The van der Waals surface area contributed by atoms with Gasteiger partial charge in [-0.05, 0) is 12.8 Å². The van der Waals surface area contributed by atoms with Gasteiger partial charge in [0.2, 0.25) is 0 Å². The van der Waals surface area contributed by atoms with E-state index in [1.54, 1.807) is 0 Å². The number of amides is 2. The maximum atomic E-state index is 12.5. The van der Waals surface area contributed by atoms with Crippen LogP contribution in [0.15, 0.2) is 17.8 Å². The quantitative estimate of drug-likeness (QED) is 0.909. The number of nitrogens with zero attached hydrogens (tertiary/aromatic N) is 4. The van der Waals surface area contributed by atoms with Gasteiger partial charge in [-0.25, -0.2) is 19.7 Å². The van der Waals surface area contributed by atoms with Crippen molar-refractivity contribution in [2.75, 3.05) is 12.4 Å². The predicted octanol–water partition coefficient (Wildman–Crippen LogP) is 3.49. The molecule has 128 valence electrons. The van der Waals surface area contributed by atoms with Crippen LogP contribution >= 0.6 is 11.3 Å². The highest BCUT2D eigenvalue weighted by Gasteiger charge is 2.33. The van der Waals surface area contributed by atoms with Gasteiger partial charge in [-0.2, -0.15) is 13.2 Å². The second kappa shape index (κ2) is 6.34. The Labute approximate surface area is 139 Å². The highest BCUT2D eigenvalue weighted by Crippen LogP contribution is 2.37. The van der Waals surface area contributed by atoms with Crippen LogP contribution in [0.4, 0.5) is 23.7 Å². The van der Waals surface area contributed by atoms with Gasteiger partial charge in [0, 0.05) is 18.3 Å². The third-order valence-electron chi connectivity index (χ3n) is 3.43. The van der Waals surface area contributed by atoms with Crippen LogP contribution in [0, 0.1) is 0 Å². The minimum atomic E-state index is -4.48. The number of alkyl halides is 3. The third kappa shape index (κ3) is 3.99.